The lowest BCUT2D eigenvalue weighted by Crippen LogP contribution is -2.17. The van der Waals surface area contributed by atoms with Gasteiger partial charge in [-0.25, -0.2) is 10.2 Å². The SMILES string of the molecule is COc1ccc(C(=O)Oc2ccc(C=NNC(=O)c3cccc([N+](=O)[O-])c3)cc2)cc1OC. The van der Waals surface area contributed by atoms with E-state index in [1.54, 1.807) is 36.4 Å². The van der Waals surface area contributed by atoms with E-state index in [1.807, 2.05) is 0 Å². The lowest BCUT2D eigenvalue weighted by molar-refractivity contribution is -0.384. The van der Waals surface area contributed by atoms with Crippen LogP contribution in [0.25, 0.3) is 0 Å². The Bertz CT molecular complexity index is 1210. The van der Waals surface area contributed by atoms with Crippen molar-refractivity contribution in [1.82, 2.24) is 5.43 Å². The highest BCUT2D eigenvalue weighted by atomic mass is 16.6. The van der Waals surface area contributed by atoms with Crippen LogP contribution in [0.15, 0.2) is 71.8 Å². The number of carbonyl (C=O) groups is 2. The summed E-state index contributed by atoms with van der Waals surface area (Å²) in [5.41, 5.74) is 3.14. The predicted octanol–water partition coefficient (Wildman–Crippen LogP) is 3.60. The number of carbonyl (C=O) groups excluding carboxylic acids is 2. The van der Waals surface area contributed by atoms with Crippen molar-refractivity contribution < 1.29 is 28.7 Å². The van der Waals surface area contributed by atoms with Crippen LogP contribution < -0.4 is 19.6 Å². The zero-order chi connectivity index (χ0) is 23.8. The van der Waals surface area contributed by atoms with Gasteiger partial charge in [-0.3, -0.25) is 14.9 Å². The van der Waals surface area contributed by atoms with E-state index in [1.165, 1.54) is 44.7 Å². The number of nitro benzene ring substituents is 1. The topological polar surface area (TPSA) is 129 Å². The highest BCUT2D eigenvalue weighted by molar-refractivity contribution is 5.95. The number of rotatable bonds is 8. The highest BCUT2D eigenvalue weighted by Gasteiger charge is 2.13. The van der Waals surface area contributed by atoms with Crippen LogP contribution in [0.3, 0.4) is 0 Å². The fraction of sp³-hybridized carbons (Fsp3) is 0.0870. The van der Waals surface area contributed by atoms with Crippen molar-refractivity contribution in [2.45, 2.75) is 0 Å². The Morgan fingerprint density at radius 2 is 1.67 bits per heavy atom. The monoisotopic (exact) mass is 449 g/mol. The second-order valence-electron chi connectivity index (χ2n) is 6.53. The third kappa shape index (κ3) is 5.91. The molecule has 0 bridgehead atoms. The highest BCUT2D eigenvalue weighted by Crippen LogP contribution is 2.28. The number of nitro groups is 1. The number of esters is 1. The predicted molar refractivity (Wildman–Crippen MR) is 119 cm³/mol. The van der Waals surface area contributed by atoms with Crippen LogP contribution in [0, 0.1) is 10.1 Å². The zero-order valence-electron chi connectivity index (χ0n) is 17.7. The largest absolute Gasteiger partial charge is 0.493 e. The van der Waals surface area contributed by atoms with Gasteiger partial charge in [-0.15, -0.1) is 0 Å². The Morgan fingerprint density at radius 1 is 0.939 bits per heavy atom. The van der Waals surface area contributed by atoms with E-state index in [4.69, 9.17) is 14.2 Å². The van der Waals surface area contributed by atoms with Crippen molar-refractivity contribution in [1.29, 1.82) is 0 Å². The van der Waals surface area contributed by atoms with Crippen molar-refractivity contribution in [3.8, 4) is 17.2 Å². The van der Waals surface area contributed by atoms with Crippen LogP contribution in [-0.4, -0.2) is 37.2 Å². The van der Waals surface area contributed by atoms with Crippen LogP contribution in [0.2, 0.25) is 0 Å². The normalized spacial score (nSPS) is 10.5. The number of hydrogen-bond acceptors (Lipinski definition) is 8. The number of non-ortho nitro benzene ring substituents is 1. The first-order valence-electron chi connectivity index (χ1n) is 9.53. The van der Waals surface area contributed by atoms with Crippen molar-refractivity contribution in [3.05, 3.63) is 93.5 Å². The summed E-state index contributed by atoms with van der Waals surface area (Å²) >= 11 is 0. The van der Waals surface area contributed by atoms with Gasteiger partial charge in [-0.2, -0.15) is 5.10 Å². The fourth-order valence-corrected chi connectivity index (χ4v) is 2.74. The van der Waals surface area contributed by atoms with Gasteiger partial charge in [0, 0.05) is 17.7 Å². The van der Waals surface area contributed by atoms with E-state index in [0.29, 0.717) is 28.4 Å². The zero-order valence-corrected chi connectivity index (χ0v) is 17.7. The van der Waals surface area contributed by atoms with Gasteiger partial charge < -0.3 is 14.2 Å². The number of nitrogens with zero attached hydrogens (tertiary/aromatic N) is 2. The molecule has 0 radical (unpaired) electrons. The van der Waals surface area contributed by atoms with Crippen molar-refractivity contribution >= 4 is 23.8 Å². The summed E-state index contributed by atoms with van der Waals surface area (Å²) in [7, 11) is 2.97. The summed E-state index contributed by atoms with van der Waals surface area (Å²) in [6, 6.07) is 16.4. The molecule has 0 saturated carbocycles. The minimum Gasteiger partial charge on any atom is -0.493 e. The van der Waals surface area contributed by atoms with Crippen LogP contribution in [0.4, 0.5) is 5.69 Å². The van der Waals surface area contributed by atoms with E-state index in [0.717, 1.165) is 6.07 Å². The van der Waals surface area contributed by atoms with Gasteiger partial charge in [0.25, 0.3) is 11.6 Å². The van der Waals surface area contributed by atoms with Gasteiger partial charge >= 0.3 is 5.97 Å². The van der Waals surface area contributed by atoms with E-state index >= 15 is 0 Å². The molecule has 3 rings (SSSR count). The molecule has 0 fully saturated rings. The van der Waals surface area contributed by atoms with Gasteiger partial charge in [0.1, 0.15) is 5.75 Å². The van der Waals surface area contributed by atoms with Crippen molar-refractivity contribution in [2.24, 2.45) is 5.10 Å². The number of nitrogens with one attached hydrogen (secondary N) is 1. The van der Waals surface area contributed by atoms with Crippen molar-refractivity contribution in [2.75, 3.05) is 14.2 Å². The number of benzene rings is 3. The molecule has 3 aromatic rings. The fourth-order valence-electron chi connectivity index (χ4n) is 2.74. The smallest absolute Gasteiger partial charge is 0.343 e. The summed E-state index contributed by atoms with van der Waals surface area (Å²) in [6.07, 6.45) is 1.38. The second kappa shape index (κ2) is 10.5. The molecule has 0 unspecified atom stereocenters. The van der Waals surface area contributed by atoms with Gasteiger partial charge in [0.15, 0.2) is 11.5 Å². The Morgan fingerprint density at radius 3 is 2.33 bits per heavy atom. The number of amides is 1. The quantitative estimate of drug-likeness (QED) is 0.183. The molecule has 0 aliphatic rings. The van der Waals surface area contributed by atoms with Gasteiger partial charge in [0.05, 0.1) is 30.9 Å². The molecule has 0 aliphatic carbocycles. The van der Waals surface area contributed by atoms with Crippen molar-refractivity contribution in [3.63, 3.8) is 0 Å². The van der Waals surface area contributed by atoms with Gasteiger partial charge in [-0.05, 0) is 54.1 Å². The average Bonchev–Trinajstić information content (AvgIpc) is 2.84. The third-order valence-electron chi connectivity index (χ3n) is 4.41. The minimum atomic E-state index is -0.588. The van der Waals surface area contributed by atoms with E-state index in [2.05, 4.69) is 10.5 Å². The molecular formula is C23H19N3O7. The third-order valence-corrected chi connectivity index (χ3v) is 4.41. The summed E-state index contributed by atoms with van der Waals surface area (Å²) in [5.74, 6) is 0.0607. The standard InChI is InChI=1S/C23H19N3O7/c1-31-20-11-8-17(13-21(20)32-2)23(28)33-19-9-6-15(7-10-19)14-24-25-22(27)16-4-3-5-18(12-16)26(29)30/h3-14H,1-2H3,(H,25,27). The van der Waals surface area contributed by atoms with E-state index in [-0.39, 0.29) is 11.3 Å². The number of hydrogen-bond donors (Lipinski definition) is 1. The lowest BCUT2D eigenvalue weighted by Gasteiger charge is -2.09. The lowest BCUT2D eigenvalue weighted by atomic mass is 10.2. The first-order chi connectivity index (χ1) is 15.9. The Hall–Kier alpha value is -4.73. The second-order valence-corrected chi connectivity index (χ2v) is 6.53. The molecular weight excluding hydrogens is 430 g/mol. The summed E-state index contributed by atoms with van der Waals surface area (Å²) < 4.78 is 15.7. The number of ether oxygens (including phenoxy) is 3. The van der Waals surface area contributed by atoms with E-state index in [9.17, 15) is 19.7 Å². The summed E-state index contributed by atoms with van der Waals surface area (Å²) in [6.45, 7) is 0. The molecule has 0 aliphatic heterocycles. The molecule has 168 valence electrons. The molecule has 0 saturated heterocycles. The molecule has 0 aromatic heterocycles. The van der Waals surface area contributed by atoms with Crippen LogP contribution in [0.5, 0.6) is 17.2 Å². The Balaban J connectivity index is 1.59. The molecule has 33 heavy (non-hydrogen) atoms. The van der Waals surface area contributed by atoms with E-state index < -0.39 is 16.8 Å². The van der Waals surface area contributed by atoms with Crippen LogP contribution in [-0.2, 0) is 0 Å². The molecule has 1 N–H and O–H groups in total. The van der Waals surface area contributed by atoms with Crippen LogP contribution >= 0.6 is 0 Å². The summed E-state index contributed by atoms with van der Waals surface area (Å²) in [4.78, 5) is 34.7. The molecule has 0 spiro atoms. The Kier molecular flexibility index (Phi) is 7.32. The molecule has 3 aromatic carbocycles. The maximum absolute atomic E-state index is 12.4. The number of methoxy groups -OCH3 is 2. The first kappa shape index (κ1) is 22.9. The molecule has 10 nitrogen and oxygen atoms in total. The van der Waals surface area contributed by atoms with Gasteiger partial charge in [-0.1, -0.05) is 6.07 Å². The minimum absolute atomic E-state index is 0.110. The maximum atomic E-state index is 12.4. The molecule has 10 heteroatoms. The number of hydrazone groups is 1. The average molecular weight is 449 g/mol. The molecule has 0 heterocycles. The van der Waals surface area contributed by atoms with Gasteiger partial charge in [0.2, 0.25) is 0 Å². The Labute approximate surface area is 188 Å². The molecule has 1 amide bonds. The first-order valence-corrected chi connectivity index (χ1v) is 9.53. The maximum Gasteiger partial charge on any atom is 0.343 e. The van der Waals surface area contributed by atoms with Crippen LogP contribution in [0.1, 0.15) is 26.3 Å². The molecule has 0 atom stereocenters. The summed E-state index contributed by atoms with van der Waals surface area (Å²) in [5, 5.41) is 14.6.